The summed E-state index contributed by atoms with van der Waals surface area (Å²) in [5.74, 6) is 1.15. The van der Waals surface area contributed by atoms with Crippen LogP contribution in [0.15, 0.2) is 12.3 Å². The number of rotatable bonds is 2. The topological polar surface area (TPSA) is 56.7 Å². The summed E-state index contributed by atoms with van der Waals surface area (Å²) < 4.78 is 2.32. The summed E-state index contributed by atoms with van der Waals surface area (Å²) in [6, 6.07) is 2.52. The van der Waals surface area contributed by atoms with E-state index in [2.05, 4.69) is 30.3 Å². The smallest absolute Gasteiger partial charge is 0.160 e. The number of nitrogens with zero attached hydrogens (tertiary/aromatic N) is 3. The summed E-state index contributed by atoms with van der Waals surface area (Å²) in [5.41, 5.74) is 8.63. The highest BCUT2D eigenvalue weighted by Gasteiger charge is 2.30. The third kappa shape index (κ3) is 2.07. The maximum atomic E-state index is 5.79. The molecule has 1 aliphatic carbocycles. The summed E-state index contributed by atoms with van der Waals surface area (Å²) in [4.78, 5) is 9.21. The Balaban J connectivity index is 2.14. The highest BCUT2D eigenvalue weighted by molar-refractivity contribution is 5.75. The molecule has 0 bridgehead atoms. The van der Waals surface area contributed by atoms with E-state index in [4.69, 9.17) is 10.7 Å². The van der Waals surface area contributed by atoms with Crippen LogP contribution in [0.2, 0.25) is 0 Å². The van der Waals surface area contributed by atoms with Crippen LogP contribution in [0.4, 0.5) is 5.69 Å². The molecule has 0 radical (unpaired) electrons. The van der Waals surface area contributed by atoms with E-state index in [1.54, 1.807) is 6.20 Å². The van der Waals surface area contributed by atoms with Gasteiger partial charge in [0.1, 0.15) is 11.3 Å². The molecule has 2 heterocycles. The quantitative estimate of drug-likeness (QED) is 0.883. The Morgan fingerprint density at radius 2 is 2.11 bits per heavy atom. The van der Waals surface area contributed by atoms with Gasteiger partial charge in [0.25, 0.3) is 0 Å². The Morgan fingerprint density at radius 3 is 2.72 bits per heavy atom. The summed E-state index contributed by atoms with van der Waals surface area (Å²) in [7, 11) is 0. The Hall–Kier alpha value is -1.58. The Kier molecular flexibility index (Phi) is 2.37. The second-order valence-corrected chi connectivity index (χ2v) is 6.48. The van der Waals surface area contributed by atoms with Gasteiger partial charge in [-0.2, -0.15) is 0 Å². The number of aromatic nitrogens is 3. The van der Waals surface area contributed by atoms with Crippen LogP contribution >= 0.6 is 0 Å². The van der Waals surface area contributed by atoms with Crippen molar-refractivity contribution in [3.8, 4) is 0 Å². The van der Waals surface area contributed by atoms with Crippen molar-refractivity contribution in [3.63, 3.8) is 0 Å². The number of imidazole rings is 1. The van der Waals surface area contributed by atoms with E-state index >= 15 is 0 Å². The highest BCUT2D eigenvalue weighted by atomic mass is 15.2. The average Bonchev–Trinajstić information content (AvgIpc) is 2.99. The van der Waals surface area contributed by atoms with Gasteiger partial charge in [-0.3, -0.25) is 0 Å². The van der Waals surface area contributed by atoms with Crippen LogP contribution in [-0.2, 0) is 6.42 Å². The van der Waals surface area contributed by atoms with Gasteiger partial charge in [0.05, 0.1) is 11.9 Å². The van der Waals surface area contributed by atoms with Gasteiger partial charge in [0, 0.05) is 12.5 Å². The molecule has 1 saturated carbocycles. The first-order chi connectivity index (χ1) is 8.44. The number of hydrogen-bond acceptors (Lipinski definition) is 3. The number of anilines is 1. The fourth-order valence-electron chi connectivity index (χ4n) is 2.36. The fraction of sp³-hybridized carbons (Fsp3) is 0.571. The van der Waals surface area contributed by atoms with E-state index in [1.165, 1.54) is 12.8 Å². The lowest BCUT2D eigenvalue weighted by Crippen LogP contribution is -2.14. The van der Waals surface area contributed by atoms with Crippen molar-refractivity contribution in [1.82, 2.24) is 14.5 Å². The summed E-state index contributed by atoms with van der Waals surface area (Å²) in [6.45, 7) is 6.72. The molecule has 96 valence electrons. The van der Waals surface area contributed by atoms with E-state index in [-0.39, 0.29) is 5.41 Å². The summed E-state index contributed by atoms with van der Waals surface area (Å²) >= 11 is 0. The summed E-state index contributed by atoms with van der Waals surface area (Å²) in [5, 5.41) is 0. The lowest BCUT2D eigenvalue weighted by atomic mass is 9.92. The number of nitrogen functional groups attached to an aromatic ring is 1. The van der Waals surface area contributed by atoms with E-state index in [0.717, 1.165) is 23.4 Å². The third-order valence-electron chi connectivity index (χ3n) is 3.22. The lowest BCUT2D eigenvalue weighted by molar-refractivity contribution is 0.393. The van der Waals surface area contributed by atoms with Crippen LogP contribution in [0.25, 0.3) is 11.2 Å². The average molecular weight is 244 g/mol. The van der Waals surface area contributed by atoms with Gasteiger partial charge in [-0.1, -0.05) is 20.8 Å². The van der Waals surface area contributed by atoms with E-state index in [1.807, 2.05) is 6.07 Å². The van der Waals surface area contributed by atoms with Crippen molar-refractivity contribution < 1.29 is 0 Å². The zero-order valence-corrected chi connectivity index (χ0v) is 11.3. The molecule has 2 aromatic heterocycles. The minimum atomic E-state index is 0.236. The first-order valence-electron chi connectivity index (χ1n) is 6.56. The van der Waals surface area contributed by atoms with Gasteiger partial charge in [0.15, 0.2) is 5.65 Å². The van der Waals surface area contributed by atoms with Gasteiger partial charge in [-0.25, -0.2) is 9.97 Å². The zero-order valence-electron chi connectivity index (χ0n) is 11.3. The van der Waals surface area contributed by atoms with Crippen molar-refractivity contribution in [3.05, 3.63) is 18.1 Å². The van der Waals surface area contributed by atoms with E-state index < -0.39 is 0 Å². The molecule has 4 nitrogen and oxygen atoms in total. The van der Waals surface area contributed by atoms with Gasteiger partial charge in [0.2, 0.25) is 0 Å². The first kappa shape index (κ1) is 11.5. The molecule has 4 heteroatoms. The van der Waals surface area contributed by atoms with Crippen LogP contribution in [0.1, 0.15) is 45.5 Å². The maximum absolute atomic E-state index is 5.79. The molecule has 0 atom stereocenters. The predicted octanol–water partition coefficient (Wildman–Crippen LogP) is 2.94. The number of fused-ring (bicyclic) bond motifs is 1. The molecule has 18 heavy (non-hydrogen) atoms. The van der Waals surface area contributed by atoms with Crippen molar-refractivity contribution in [2.45, 2.75) is 46.1 Å². The van der Waals surface area contributed by atoms with Crippen LogP contribution in [0.5, 0.6) is 0 Å². The number of hydrogen-bond donors (Lipinski definition) is 1. The van der Waals surface area contributed by atoms with E-state index in [9.17, 15) is 0 Å². The Morgan fingerprint density at radius 1 is 1.39 bits per heavy atom. The highest BCUT2D eigenvalue weighted by Crippen LogP contribution is 2.39. The first-order valence-corrected chi connectivity index (χ1v) is 6.56. The summed E-state index contributed by atoms with van der Waals surface area (Å²) in [6.07, 6.45) is 5.19. The molecular weight excluding hydrogens is 224 g/mol. The minimum absolute atomic E-state index is 0.236. The molecule has 1 aliphatic rings. The molecule has 0 saturated heterocycles. The Bertz CT molecular complexity index is 588. The molecule has 0 amide bonds. The normalized spacial score (nSPS) is 16.4. The van der Waals surface area contributed by atoms with Crippen LogP contribution in [0, 0.1) is 5.41 Å². The molecule has 0 spiro atoms. The molecule has 2 aromatic rings. The monoisotopic (exact) mass is 244 g/mol. The predicted molar refractivity (Wildman–Crippen MR) is 73.4 cm³/mol. The number of nitrogens with two attached hydrogens (primary N) is 1. The largest absolute Gasteiger partial charge is 0.397 e. The zero-order chi connectivity index (χ0) is 12.9. The molecular formula is C14H20N4. The number of pyridine rings is 1. The van der Waals surface area contributed by atoms with Crippen molar-refractivity contribution in [2.75, 3.05) is 5.73 Å². The second kappa shape index (κ2) is 3.70. The molecule has 0 aromatic carbocycles. The van der Waals surface area contributed by atoms with Crippen molar-refractivity contribution in [1.29, 1.82) is 0 Å². The molecule has 0 aliphatic heterocycles. The Labute approximate surface area is 107 Å². The SMILES string of the molecule is CC(C)(C)Cc1nc2cc(N)cnc2n1C1CC1. The van der Waals surface area contributed by atoms with E-state index in [0.29, 0.717) is 11.7 Å². The molecule has 1 fully saturated rings. The van der Waals surface area contributed by atoms with Gasteiger partial charge >= 0.3 is 0 Å². The van der Waals surface area contributed by atoms with Gasteiger partial charge in [-0.05, 0) is 24.3 Å². The van der Waals surface area contributed by atoms with Gasteiger partial charge < -0.3 is 10.3 Å². The fourth-order valence-corrected chi connectivity index (χ4v) is 2.36. The van der Waals surface area contributed by atoms with Crippen LogP contribution < -0.4 is 5.73 Å². The third-order valence-corrected chi connectivity index (χ3v) is 3.22. The van der Waals surface area contributed by atoms with Crippen LogP contribution in [-0.4, -0.2) is 14.5 Å². The lowest BCUT2D eigenvalue weighted by Gasteiger charge is -2.18. The van der Waals surface area contributed by atoms with Crippen molar-refractivity contribution >= 4 is 16.9 Å². The van der Waals surface area contributed by atoms with Gasteiger partial charge in [-0.15, -0.1) is 0 Å². The second-order valence-electron chi connectivity index (χ2n) is 6.48. The van der Waals surface area contributed by atoms with Crippen molar-refractivity contribution in [2.24, 2.45) is 5.41 Å². The maximum Gasteiger partial charge on any atom is 0.160 e. The molecule has 3 rings (SSSR count). The van der Waals surface area contributed by atoms with Crippen LogP contribution in [0.3, 0.4) is 0 Å². The standard InChI is InChI=1S/C14H20N4/c1-14(2,3)7-12-17-11-6-9(15)8-16-13(11)18(12)10-4-5-10/h6,8,10H,4-5,7,15H2,1-3H3. The molecule has 2 N–H and O–H groups in total. The minimum Gasteiger partial charge on any atom is -0.397 e. The molecule has 0 unspecified atom stereocenters.